The van der Waals surface area contributed by atoms with E-state index in [1.165, 1.54) is 28.8 Å². The Bertz CT molecular complexity index is 538. The minimum absolute atomic E-state index is 0. The quantitative estimate of drug-likeness (QED) is 0.885. The van der Waals surface area contributed by atoms with Crippen molar-refractivity contribution in [2.24, 2.45) is 11.1 Å². The Morgan fingerprint density at radius 3 is 2.64 bits per heavy atom. The van der Waals surface area contributed by atoms with Gasteiger partial charge in [-0.1, -0.05) is 0 Å². The minimum Gasteiger partial charge on any atom is -0.381 e. The van der Waals surface area contributed by atoms with Crippen LogP contribution < -0.4 is 11.1 Å². The molecule has 1 aromatic heterocycles. The van der Waals surface area contributed by atoms with Crippen LogP contribution in [0.5, 0.6) is 0 Å². The molecule has 1 aromatic rings. The van der Waals surface area contributed by atoms with Gasteiger partial charge in [0.05, 0.1) is 10.4 Å². The largest absolute Gasteiger partial charge is 0.381 e. The molecule has 4 nitrogen and oxygen atoms in total. The molecule has 1 saturated heterocycles. The molecule has 3 rings (SSSR count). The lowest BCUT2D eigenvalue weighted by Crippen LogP contribution is -2.46. The molecule has 0 radical (unpaired) electrons. The Morgan fingerprint density at radius 2 is 2.00 bits per heavy atom. The first kappa shape index (κ1) is 17.7. The van der Waals surface area contributed by atoms with E-state index in [4.69, 9.17) is 10.5 Å². The lowest BCUT2D eigenvalue weighted by atomic mass is 9.79. The number of nitrogens with two attached hydrogens (primary N) is 1. The minimum atomic E-state index is -0.449. The SMILES string of the molecule is Cc1c(NC(=O)C2(CN)CCOCC2)sc2c1CCCC2.Cl. The first-order valence-electron chi connectivity index (χ1n) is 7.87. The molecule has 1 amide bonds. The van der Waals surface area contributed by atoms with Gasteiger partial charge >= 0.3 is 0 Å². The van der Waals surface area contributed by atoms with Crippen LogP contribution in [0.4, 0.5) is 5.00 Å². The Labute approximate surface area is 142 Å². The van der Waals surface area contributed by atoms with Crippen LogP contribution in [-0.4, -0.2) is 25.7 Å². The fourth-order valence-electron chi connectivity index (χ4n) is 3.36. The Kier molecular flexibility index (Phi) is 5.88. The fraction of sp³-hybridized carbons (Fsp3) is 0.688. The predicted octanol–water partition coefficient (Wildman–Crippen LogP) is 3.05. The zero-order chi connectivity index (χ0) is 14.9. The second kappa shape index (κ2) is 7.30. The number of hydrogen-bond acceptors (Lipinski definition) is 4. The Balaban J connectivity index is 0.00000176. The monoisotopic (exact) mass is 344 g/mol. The van der Waals surface area contributed by atoms with Crippen molar-refractivity contribution in [2.75, 3.05) is 25.1 Å². The molecule has 1 fully saturated rings. The van der Waals surface area contributed by atoms with Crippen molar-refractivity contribution in [3.05, 3.63) is 16.0 Å². The number of hydrogen-bond donors (Lipinski definition) is 2. The maximum atomic E-state index is 12.7. The van der Waals surface area contributed by atoms with Gasteiger partial charge < -0.3 is 15.8 Å². The van der Waals surface area contributed by atoms with Crippen molar-refractivity contribution in [1.29, 1.82) is 0 Å². The first-order chi connectivity index (χ1) is 10.2. The second-order valence-electron chi connectivity index (χ2n) is 6.22. The molecular weight excluding hydrogens is 320 g/mol. The summed E-state index contributed by atoms with van der Waals surface area (Å²) < 4.78 is 5.38. The summed E-state index contributed by atoms with van der Waals surface area (Å²) in [5, 5.41) is 4.21. The molecule has 124 valence electrons. The van der Waals surface area contributed by atoms with Crippen molar-refractivity contribution in [2.45, 2.75) is 45.4 Å². The summed E-state index contributed by atoms with van der Waals surface area (Å²) in [5.74, 6) is 0.0787. The van der Waals surface area contributed by atoms with Gasteiger partial charge in [-0.3, -0.25) is 4.79 Å². The number of anilines is 1. The molecule has 0 saturated carbocycles. The molecule has 2 aliphatic rings. The lowest BCUT2D eigenvalue weighted by Gasteiger charge is -2.34. The molecule has 1 aliphatic carbocycles. The standard InChI is InChI=1S/C16H24N2O2S.ClH/c1-11-12-4-2-3-5-13(12)21-14(11)18-15(19)16(10-17)6-8-20-9-7-16;/h2-10,17H2,1H3,(H,18,19);1H. The number of aryl methyl sites for hydroxylation is 1. The van der Waals surface area contributed by atoms with Crippen LogP contribution in [0.25, 0.3) is 0 Å². The number of carbonyl (C=O) groups excluding carboxylic acids is 1. The topological polar surface area (TPSA) is 64.4 Å². The number of amides is 1. The Morgan fingerprint density at radius 1 is 1.32 bits per heavy atom. The molecule has 2 heterocycles. The van der Waals surface area contributed by atoms with Crippen molar-refractivity contribution in [1.82, 2.24) is 0 Å². The number of halogens is 1. The lowest BCUT2D eigenvalue weighted by molar-refractivity contribution is -0.130. The van der Waals surface area contributed by atoms with Gasteiger partial charge in [0.25, 0.3) is 0 Å². The number of thiophene rings is 1. The van der Waals surface area contributed by atoms with E-state index in [-0.39, 0.29) is 18.3 Å². The van der Waals surface area contributed by atoms with Gasteiger partial charge in [-0.15, -0.1) is 23.7 Å². The van der Waals surface area contributed by atoms with E-state index < -0.39 is 5.41 Å². The highest BCUT2D eigenvalue weighted by atomic mass is 35.5. The summed E-state index contributed by atoms with van der Waals surface area (Å²) in [5.41, 5.74) is 8.20. The van der Waals surface area contributed by atoms with Crippen molar-refractivity contribution in [3.63, 3.8) is 0 Å². The molecule has 0 unspecified atom stereocenters. The molecule has 0 atom stereocenters. The van der Waals surface area contributed by atoms with Gasteiger partial charge in [-0.25, -0.2) is 0 Å². The van der Waals surface area contributed by atoms with E-state index in [9.17, 15) is 4.79 Å². The molecule has 0 spiro atoms. The molecule has 0 bridgehead atoms. The van der Waals surface area contributed by atoms with E-state index in [2.05, 4.69) is 12.2 Å². The smallest absolute Gasteiger partial charge is 0.232 e. The van der Waals surface area contributed by atoms with E-state index >= 15 is 0 Å². The van der Waals surface area contributed by atoms with Crippen LogP contribution in [0.3, 0.4) is 0 Å². The van der Waals surface area contributed by atoms with E-state index in [1.807, 2.05) is 0 Å². The third-order valence-corrected chi connectivity index (χ3v) is 6.29. The van der Waals surface area contributed by atoms with Crippen LogP contribution in [-0.2, 0) is 22.4 Å². The summed E-state index contributed by atoms with van der Waals surface area (Å²) in [6.45, 7) is 3.79. The zero-order valence-corrected chi connectivity index (χ0v) is 14.7. The van der Waals surface area contributed by atoms with Gasteiger partial charge in [0.1, 0.15) is 0 Å². The summed E-state index contributed by atoms with van der Waals surface area (Å²) in [4.78, 5) is 14.2. The number of nitrogens with one attached hydrogen (secondary N) is 1. The second-order valence-corrected chi connectivity index (χ2v) is 7.32. The normalized spacial score (nSPS) is 19.9. The summed E-state index contributed by atoms with van der Waals surface area (Å²) in [7, 11) is 0. The van der Waals surface area contributed by atoms with Crippen molar-refractivity contribution < 1.29 is 9.53 Å². The third kappa shape index (κ3) is 3.18. The van der Waals surface area contributed by atoms with Gasteiger partial charge in [0, 0.05) is 24.6 Å². The summed E-state index contributed by atoms with van der Waals surface area (Å²) >= 11 is 1.76. The number of fused-ring (bicyclic) bond motifs is 1. The highest BCUT2D eigenvalue weighted by molar-refractivity contribution is 7.16. The average molecular weight is 345 g/mol. The summed E-state index contributed by atoms with van der Waals surface area (Å²) in [6, 6.07) is 0. The van der Waals surface area contributed by atoms with E-state index in [0.717, 1.165) is 30.7 Å². The van der Waals surface area contributed by atoms with Crippen LogP contribution in [0.15, 0.2) is 0 Å². The van der Waals surface area contributed by atoms with Crippen LogP contribution in [0, 0.1) is 12.3 Å². The third-order valence-electron chi connectivity index (χ3n) is 4.99. The fourth-order valence-corrected chi connectivity index (χ4v) is 4.66. The van der Waals surface area contributed by atoms with E-state index in [1.54, 1.807) is 11.3 Å². The number of rotatable bonds is 3. The highest BCUT2D eigenvalue weighted by Gasteiger charge is 2.39. The van der Waals surface area contributed by atoms with E-state index in [0.29, 0.717) is 19.8 Å². The zero-order valence-electron chi connectivity index (χ0n) is 13.1. The predicted molar refractivity (Wildman–Crippen MR) is 93.1 cm³/mol. The van der Waals surface area contributed by atoms with Gasteiger partial charge in [0.15, 0.2) is 0 Å². The van der Waals surface area contributed by atoms with Crippen molar-refractivity contribution in [3.8, 4) is 0 Å². The molecule has 3 N–H and O–H groups in total. The number of ether oxygens (including phenoxy) is 1. The molecule has 0 aromatic carbocycles. The number of carbonyl (C=O) groups is 1. The highest BCUT2D eigenvalue weighted by Crippen LogP contribution is 2.39. The summed E-state index contributed by atoms with van der Waals surface area (Å²) in [6.07, 6.45) is 6.29. The maximum Gasteiger partial charge on any atom is 0.232 e. The van der Waals surface area contributed by atoms with Crippen molar-refractivity contribution >= 4 is 34.7 Å². The van der Waals surface area contributed by atoms with Crippen LogP contribution >= 0.6 is 23.7 Å². The molecule has 22 heavy (non-hydrogen) atoms. The van der Waals surface area contributed by atoms with Crippen LogP contribution in [0.1, 0.15) is 41.7 Å². The molecular formula is C16H25ClN2O2S. The first-order valence-corrected chi connectivity index (χ1v) is 8.68. The molecule has 6 heteroatoms. The molecule has 1 aliphatic heterocycles. The maximum absolute atomic E-state index is 12.7. The Hall–Kier alpha value is -0.620. The van der Waals surface area contributed by atoms with Gasteiger partial charge in [-0.05, 0) is 56.6 Å². The van der Waals surface area contributed by atoms with Gasteiger partial charge in [0.2, 0.25) is 5.91 Å². The van der Waals surface area contributed by atoms with Gasteiger partial charge in [-0.2, -0.15) is 0 Å². The van der Waals surface area contributed by atoms with Crippen LogP contribution in [0.2, 0.25) is 0 Å². The average Bonchev–Trinajstić information content (AvgIpc) is 2.84.